The van der Waals surface area contributed by atoms with E-state index in [1.165, 1.54) is 45.3 Å². The van der Waals surface area contributed by atoms with Gasteiger partial charge in [0.05, 0.1) is 0 Å². The predicted octanol–water partition coefficient (Wildman–Crippen LogP) is 2.89. The lowest BCUT2D eigenvalue weighted by atomic mass is 9.81. The van der Waals surface area contributed by atoms with Gasteiger partial charge in [0.1, 0.15) is 0 Å². The van der Waals surface area contributed by atoms with E-state index in [9.17, 15) is 0 Å². The molecule has 100 valence electrons. The molecule has 1 aliphatic carbocycles. The summed E-state index contributed by atoms with van der Waals surface area (Å²) in [6.45, 7) is 13.3. The first-order chi connectivity index (χ1) is 7.95. The molecule has 1 N–H and O–H groups in total. The first-order valence-electron chi connectivity index (χ1n) is 7.43. The molecule has 2 rings (SSSR count). The molecule has 2 unspecified atom stereocenters. The van der Waals surface area contributed by atoms with Crippen LogP contribution in [0.3, 0.4) is 0 Å². The van der Waals surface area contributed by atoms with E-state index >= 15 is 0 Å². The summed E-state index contributed by atoms with van der Waals surface area (Å²) in [5.41, 5.74) is 0.441. The summed E-state index contributed by atoms with van der Waals surface area (Å²) in [6, 6.07) is 1.63. The van der Waals surface area contributed by atoms with Gasteiger partial charge in [-0.2, -0.15) is 0 Å². The first-order valence-corrected chi connectivity index (χ1v) is 7.43. The molecule has 17 heavy (non-hydrogen) atoms. The second-order valence-electron chi connectivity index (χ2n) is 7.31. The van der Waals surface area contributed by atoms with Crippen LogP contribution in [0.4, 0.5) is 0 Å². The molecule has 2 aliphatic rings. The highest BCUT2D eigenvalue weighted by Crippen LogP contribution is 2.27. The molecule has 0 aromatic rings. The van der Waals surface area contributed by atoms with Gasteiger partial charge in [0.25, 0.3) is 0 Å². The topological polar surface area (TPSA) is 15.3 Å². The molecule has 1 saturated carbocycles. The standard InChI is InChI=1S/C15H30N2/c1-12(15(2,3)4)10-17-9-5-6-14(11-17)16-13-7-8-13/h12-14,16H,5-11H2,1-4H3. The van der Waals surface area contributed by atoms with Crippen LogP contribution >= 0.6 is 0 Å². The molecule has 0 amide bonds. The van der Waals surface area contributed by atoms with Crippen molar-refractivity contribution in [1.82, 2.24) is 10.2 Å². The van der Waals surface area contributed by atoms with Gasteiger partial charge in [-0.1, -0.05) is 27.7 Å². The average Bonchev–Trinajstić information content (AvgIpc) is 3.00. The Bertz CT molecular complexity index is 240. The number of rotatable bonds is 4. The Hall–Kier alpha value is -0.0800. The maximum atomic E-state index is 3.79. The highest BCUT2D eigenvalue weighted by Gasteiger charge is 2.29. The Labute approximate surface area is 107 Å². The third-order valence-electron chi connectivity index (χ3n) is 4.56. The van der Waals surface area contributed by atoms with Crippen LogP contribution < -0.4 is 5.32 Å². The molecule has 2 nitrogen and oxygen atoms in total. The zero-order valence-corrected chi connectivity index (χ0v) is 12.1. The fourth-order valence-electron chi connectivity index (χ4n) is 2.60. The van der Waals surface area contributed by atoms with Crippen molar-refractivity contribution in [3.63, 3.8) is 0 Å². The molecular weight excluding hydrogens is 208 g/mol. The Morgan fingerprint density at radius 1 is 1.18 bits per heavy atom. The van der Waals surface area contributed by atoms with E-state index in [0.29, 0.717) is 5.41 Å². The van der Waals surface area contributed by atoms with Crippen LogP contribution in [0.2, 0.25) is 0 Å². The first kappa shape index (κ1) is 13.4. The van der Waals surface area contributed by atoms with Crippen molar-refractivity contribution >= 4 is 0 Å². The monoisotopic (exact) mass is 238 g/mol. The number of hydrogen-bond acceptors (Lipinski definition) is 2. The molecule has 0 bridgehead atoms. The van der Waals surface area contributed by atoms with Crippen LogP contribution in [0.25, 0.3) is 0 Å². The van der Waals surface area contributed by atoms with Crippen molar-refractivity contribution in [2.45, 2.75) is 65.5 Å². The molecule has 2 atom stereocenters. The van der Waals surface area contributed by atoms with Crippen molar-refractivity contribution in [3.05, 3.63) is 0 Å². The average molecular weight is 238 g/mol. The minimum absolute atomic E-state index is 0.441. The van der Waals surface area contributed by atoms with Gasteiger partial charge in [-0.3, -0.25) is 0 Å². The van der Waals surface area contributed by atoms with E-state index in [-0.39, 0.29) is 0 Å². The van der Waals surface area contributed by atoms with Gasteiger partial charge in [0.2, 0.25) is 0 Å². The lowest BCUT2D eigenvalue weighted by molar-refractivity contribution is 0.125. The lowest BCUT2D eigenvalue weighted by Gasteiger charge is -2.38. The highest BCUT2D eigenvalue weighted by molar-refractivity contribution is 4.88. The van der Waals surface area contributed by atoms with Gasteiger partial charge < -0.3 is 10.2 Å². The van der Waals surface area contributed by atoms with E-state index in [2.05, 4.69) is 37.9 Å². The normalized spacial score (nSPS) is 29.3. The van der Waals surface area contributed by atoms with Gasteiger partial charge in [-0.25, -0.2) is 0 Å². The summed E-state index contributed by atoms with van der Waals surface area (Å²) in [4.78, 5) is 2.68. The number of likely N-dealkylation sites (tertiary alicyclic amines) is 1. The van der Waals surface area contributed by atoms with Crippen molar-refractivity contribution in [2.75, 3.05) is 19.6 Å². The third-order valence-corrected chi connectivity index (χ3v) is 4.56. The van der Waals surface area contributed by atoms with Crippen LogP contribution in [0.1, 0.15) is 53.4 Å². The Morgan fingerprint density at radius 3 is 2.47 bits per heavy atom. The summed E-state index contributed by atoms with van der Waals surface area (Å²) in [7, 11) is 0. The summed E-state index contributed by atoms with van der Waals surface area (Å²) in [5, 5.41) is 3.79. The number of hydrogen-bond donors (Lipinski definition) is 1. The van der Waals surface area contributed by atoms with Gasteiger partial charge in [-0.15, -0.1) is 0 Å². The molecular formula is C15H30N2. The van der Waals surface area contributed by atoms with Crippen LogP contribution in [0.15, 0.2) is 0 Å². The number of piperidine rings is 1. The van der Waals surface area contributed by atoms with Gasteiger partial charge in [0.15, 0.2) is 0 Å². The maximum absolute atomic E-state index is 3.79. The fraction of sp³-hybridized carbons (Fsp3) is 1.00. The largest absolute Gasteiger partial charge is 0.310 e. The third kappa shape index (κ3) is 4.26. The van der Waals surface area contributed by atoms with Crippen molar-refractivity contribution in [1.29, 1.82) is 0 Å². The van der Waals surface area contributed by atoms with E-state index in [4.69, 9.17) is 0 Å². The highest BCUT2D eigenvalue weighted by atomic mass is 15.2. The molecule has 2 fully saturated rings. The predicted molar refractivity (Wildman–Crippen MR) is 74.2 cm³/mol. The van der Waals surface area contributed by atoms with E-state index in [0.717, 1.165) is 18.0 Å². The zero-order chi connectivity index (χ0) is 12.5. The molecule has 1 aliphatic heterocycles. The van der Waals surface area contributed by atoms with E-state index in [1.807, 2.05) is 0 Å². The molecule has 1 saturated heterocycles. The Kier molecular flexibility index (Phi) is 4.14. The van der Waals surface area contributed by atoms with Crippen LogP contribution in [0, 0.1) is 11.3 Å². The van der Waals surface area contributed by atoms with Crippen molar-refractivity contribution in [2.24, 2.45) is 11.3 Å². The quantitative estimate of drug-likeness (QED) is 0.810. The van der Waals surface area contributed by atoms with Crippen LogP contribution in [-0.4, -0.2) is 36.6 Å². The van der Waals surface area contributed by atoms with Crippen molar-refractivity contribution < 1.29 is 0 Å². The summed E-state index contributed by atoms with van der Waals surface area (Å²) in [6.07, 6.45) is 5.59. The SMILES string of the molecule is CC(CN1CCCC(NC2CC2)C1)C(C)(C)C. The second-order valence-corrected chi connectivity index (χ2v) is 7.31. The molecule has 0 radical (unpaired) electrons. The smallest absolute Gasteiger partial charge is 0.0198 e. The van der Waals surface area contributed by atoms with E-state index < -0.39 is 0 Å². The van der Waals surface area contributed by atoms with Gasteiger partial charge in [-0.05, 0) is 43.6 Å². The maximum Gasteiger partial charge on any atom is 0.0198 e. The van der Waals surface area contributed by atoms with Gasteiger partial charge in [0, 0.05) is 25.2 Å². The zero-order valence-electron chi connectivity index (χ0n) is 12.1. The van der Waals surface area contributed by atoms with Crippen molar-refractivity contribution in [3.8, 4) is 0 Å². The Morgan fingerprint density at radius 2 is 1.88 bits per heavy atom. The van der Waals surface area contributed by atoms with E-state index in [1.54, 1.807) is 0 Å². The molecule has 1 heterocycles. The molecule has 0 aromatic carbocycles. The molecule has 2 heteroatoms. The second kappa shape index (κ2) is 5.27. The summed E-state index contributed by atoms with van der Waals surface area (Å²) < 4.78 is 0. The fourth-order valence-corrected chi connectivity index (χ4v) is 2.60. The van der Waals surface area contributed by atoms with Crippen LogP contribution in [-0.2, 0) is 0 Å². The summed E-state index contributed by atoms with van der Waals surface area (Å²) >= 11 is 0. The number of nitrogens with one attached hydrogen (secondary N) is 1. The van der Waals surface area contributed by atoms with Gasteiger partial charge >= 0.3 is 0 Å². The summed E-state index contributed by atoms with van der Waals surface area (Å²) in [5.74, 6) is 0.780. The Balaban J connectivity index is 1.76. The minimum atomic E-state index is 0.441. The molecule has 0 spiro atoms. The minimum Gasteiger partial charge on any atom is -0.310 e. The number of nitrogens with zero attached hydrogens (tertiary/aromatic N) is 1. The molecule has 0 aromatic heterocycles. The lowest BCUT2D eigenvalue weighted by Crippen LogP contribution is -2.48. The van der Waals surface area contributed by atoms with Crippen LogP contribution in [0.5, 0.6) is 0 Å².